The van der Waals surface area contributed by atoms with Gasteiger partial charge in [0.1, 0.15) is 5.69 Å². The van der Waals surface area contributed by atoms with E-state index in [1.807, 2.05) is 0 Å². The molecule has 0 spiro atoms. The molecule has 0 amide bonds. The molecular weight excluding hydrogens is 271 g/mol. The topological polar surface area (TPSA) is 46.3 Å². The van der Waals surface area contributed by atoms with Crippen LogP contribution in [0.5, 0.6) is 0 Å². The lowest BCUT2D eigenvalue weighted by Crippen LogP contribution is -2.04. The highest BCUT2D eigenvalue weighted by Crippen LogP contribution is 2.33. The van der Waals surface area contributed by atoms with Gasteiger partial charge in [0, 0.05) is 11.1 Å². The maximum atomic E-state index is 12.5. The smallest absolute Gasteiger partial charge is 0.387 e. The minimum absolute atomic E-state index is 0.376. The Kier molecular flexibility index (Phi) is 3.85. The van der Waals surface area contributed by atoms with Crippen molar-refractivity contribution in [2.45, 2.75) is 32.5 Å². The molecule has 2 aromatic rings. The molecular formula is C14H14F3NO2. The molecule has 6 heteroatoms. The Bertz CT molecular complexity index is 587. The molecule has 3 nitrogen and oxygen atoms in total. The number of aliphatic hydroxyl groups excluding tert-OH is 1. The highest BCUT2D eigenvalue weighted by Gasteiger charge is 2.30. The van der Waals surface area contributed by atoms with Crippen molar-refractivity contribution < 1.29 is 22.8 Å². The van der Waals surface area contributed by atoms with Gasteiger partial charge in [0.25, 0.3) is 0 Å². The lowest BCUT2D eigenvalue weighted by atomic mass is 10.0. The van der Waals surface area contributed by atoms with Crippen LogP contribution in [0.3, 0.4) is 0 Å². The van der Waals surface area contributed by atoms with E-state index < -0.39 is 17.8 Å². The minimum atomic E-state index is -4.36. The molecule has 1 aromatic carbocycles. The molecule has 1 atom stereocenters. The van der Waals surface area contributed by atoms with Gasteiger partial charge in [-0.15, -0.1) is 0 Å². The molecule has 0 saturated heterocycles. The molecule has 2 rings (SSSR count). The summed E-state index contributed by atoms with van der Waals surface area (Å²) in [5.41, 5.74) is 0.839. The minimum Gasteiger partial charge on any atom is -0.387 e. The SMILES string of the molecule is CCC(O)c1noc(-c2ccc(C(F)(F)F)cc2)c1C. The summed E-state index contributed by atoms with van der Waals surface area (Å²) in [5, 5.41) is 13.5. The monoisotopic (exact) mass is 285 g/mol. The summed E-state index contributed by atoms with van der Waals surface area (Å²) in [6.45, 7) is 3.52. The summed E-state index contributed by atoms with van der Waals surface area (Å²) in [7, 11) is 0. The van der Waals surface area contributed by atoms with Crippen molar-refractivity contribution in [3.63, 3.8) is 0 Å². The Balaban J connectivity index is 2.36. The molecule has 0 aliphatic rings. The second kappa shape index (κ2) is 5.28. The molecule has 1 aromatic heterocycles. The molecule has 1 unspecified atom stereocenters. The van der Waals surface area contributed by atoms with Crippen molar-refractivity contribution in [2.24, 2.45) is 0 Å². The fourth-order valence-electron chi connectivity index (χ4n) is 1.93. The maximum Gasteiger partial charge on any atom is 0.416 e. The Morgan fingerprint density at radius 3 is 2.35 bits per heavy atom. The van der Waals surface area contributed by atoms with Crippen molar-refractivity contribution in [1.82, 2.24) is 5.16 Å². The van der Waals surface area contributed by atoms with E-state index >= 15 is 0 Å². The summed E-state index contributed by atoms with van der Waals surface area (Å²) >= 11 is 0. The summed E-state index contributed by atoms with van der Waals surface area (Å²) in [4.78, 5) is 0. The fraction of sp³-hybridized carbons (Fsp3) is 0.357. The molecule has 0 saturated carbocycles. The van der Waals surface area contributed by atoms with E-state index in [4.69, 9.17) is 4.52 Å². The van der Waals surface area contributed by atoms with Crippen molar-refractivity contribution >= 4 is 0 Å². The van der Waals surface area contributed by atoms with Crippen LogP contribution in [0.2, 0.25) is 0 Å². The van der Waals surface area contributed by atoms with E-state index in [1.165, 1.54) is 12.1 Å². The van der Waals surface area contributed by atoms with Crippen LogP contribution in [0, 0.1) is 6.92 Å². The second-order valence-corrected chi connectivity index (χ2v) is 4.52. The number of aliphatic hydroxyl groups is 1. The second-order valence-electron chi connectivity index (χ2n) is 4.52. The third kappa shape index (κ3) is 2.70. The van der Waals surface area contributed by atoms with Gasteiger partial charge in [-0.05, 0) is 25.5 Å². The van der Waals surface area contributed by atoms with E-state index in [2.05, 4.69) is 5.16 Å². The first kappa shape index (κ1) is 14.6. The molecule has 0 bridgehead atoms. The predicted octanol–water partition coefficient (Wildman–Crippen LogP) is 4.11. The Labute approximate surface area is 114 Å². The summed E-state index contributed by atoms with van der Waals surface area (Å²) in [6.07, 6.45) is -4.61. The normalized spacial score (nSPS) is 13.5. The first-order chi connectivity index (χ1) is 9.34. The largest absolute Gasteiger partial charge is 0.416 e. The van der Waals surface area contributed by atoms with E-state index in [0.29, 0.717) is 29.0 Å². The average molecular weight is 285 g/mol. The third-order valence-electron chi connectivity index (χ3n) is 3.14. The van der Waals surface area contributed by atoms with Crippen molar-refractivity contribution in [2.75, 3.05) is 0 Å². The van der Waals surface area contributed by atoms with Crippen LogP contribution in [-0.2, 0) is 6.18 Å². The number of alkyl halides is 3. The average Bonchev–Trinajstić information content (AvgIpc) is 2.79. The highest BCUT2D eigenvalue weighted by molar-refractivity contribution is 5.62. The fourth-order valence-corrected chi connectivity index (χ4v) is 1.93. The van der Waals surface area contributed by atoms with Gasteiger partial charge >= 0.3 is 6.18 Å². The number of hydrogen-bond acceptors (Lipinski definition) is 3. The van der Waals surface area contributed by atoms with Crippen LogP contribution in [0.1, 0.15) is 36.3 Å². The van der Waals surface area contributed by atoms with Crippen LogP contribution in [0.25, 0.3) is 11.3 Å². The van der Waals surface area contributed by atoms with Crippen LogP contribution >= 0.6 is 0 Å². The molecule has 108 valence electrons. The van der Waals surface area contributed by atoms with Crippen molar-refractivity contribution in [3.05, 3.63) is 41.1 Å². The highest BCUT2D eigenvalue weighted by atomic mass is 19.4. The zero-order valence-corrected chi connectivity index (χ0v) is 11.0. The van der Waals surface area contributed by atoms with Gasteiger partial charge in [0.15, 0.2) is 5.76 Å². The van der Waals surface area contributed by atoms with Crippen LogP contribution in [0.15, 0.2) is 28.8 Å². The molecule has 0 aliphatic carbocycles. The van der Waals surface area contributed by atoms with Crippen LogP contribution in [0.4, 0.5) is 13.2 Å². The zero-order chi connectivity index (χ0) is 14.9. The molecule has 20 heavy (non-hydrogen) atoms. The Morgan fingerprint density at radius 2 is 1.85 bits per heavy atom. The first-order valence-electron chi connectivity index (χ1n) is 6.16. The van der Waals surface area contributed by atoms with Gasteiger partial charge in [-0.2, -0.15) is 13.2 Å². The molecule has 1 heterocycles. The predicted molar refractivity (Wildman–Crippen MR) is 66.9 cm³/mol. The number of aromatic nitrogens is 1. The quantitative estimate of drug-likeness (QED) is 0.923. The van der Waals surface area contributed by atoms with Crippen molar-refractivity contribution in [3.8, 4) is 11.3 Å². The molecule has 0 fully saturated rings. The van der Waals surface area contributed by atoms with Gasteiger partial charge in [0.2, 0.25) is 0 Å². The summed E-state index contributed by atoms with van der Waals surface area (Å²) in [5.74, 6) is 0.376. The van der Waals surface area contributed by atoms with Gasteiger partial charge < -0.3 is 9.63 Å². The number of nitrogens with zero attached hydrogens (tertiary/aromatic N) is 1. The van der Waals surface area contributed by atoms with E-state index in [9.17, 15) is 18.3 Å². The van der Waals surface area contributed by atoms with Crippen LogP contribution < -0.4 is 0 Å². The lowest BCUT2D eigenvalue weighted by Gasteiger charge is -2.07. The van der Waals surface area contributed by atoms with Gasteiger partial charge in [0.05, 0.1) is 11.7 Å². The number of rotatable bonds is 3. The Morgan fingerprint density at radius 1 is 1.25 bits per heavy atom. The number of halogens is 3. The van der Waals surface area contributed by atoms with Crippen molar-refractivity contribution in [1.29, 1.82) is 0 Å². The Hall–Kier alpha value is -1.82. The summed E-state index contributed by atoms with van der Waals surface area (Å²) < 4.78 is 42.6. The number of benzene rings is 1. The lowest BCUT2D eigenvalue weighted by molar-refractivity contribution is -0.137. The van der Waals surface area contributed by atoms with Crippen LogP contribution in [-0.4, -0.2) is 10.3 Å². The van der Waals surface area contributed by atoms with E-state index in [0.717, 1.165) is 12.1 Å². The maximum absolute atomic E-state index is 12.5. The van der Waals surface area contributed by atoms with Gasteiger partial charge in [-0.3, -0.25) is 0 Å². The summed E-state index contributed by atoms with van der Waals surface area (Å²) in [6, 6.07) is 4.65. The standard InChI is InChI=1S/C14H14F3NO2/c1-3-11(19)12-8(2)13(20-18-12)9-4-6-10(7-5-9)14(15,16)17/h4-7,11,19H,3H2,1-2H3. The first-order valence-corrected chi connectivity index (χ1v) is 6.16. The molecule has 0 aliphatic heterocycles. The van der Waals surface area contributed by atoms with Gasteiger partial charge in [-0.1, -0.05) is 24.2 Å². The van der Waals surface area contributed by atoms with Gasteiger partial charge in [-0.25, -0.2) is 0 Å². The molecule has 0 radical (unpaired) electrons. The molecule has 1 N–H and O–H groups in total. The van der Waals surface area contributed by atoms with E-state index in [-0.39, 0.29) is 0 Å². The number of hydrogen-bond donors (Lipinski definition) is 1. The third-order valence-corrected chi connectivity index (χ3v) is 3.14. The van der Waals surface area contributed by atoms with E-state index in [1.54, 1.807) is 13.8 Å². The zero-order valence-electron chi connectivity index (χ0n) is 11.0.